The molecular formula is C11H17NO3. The van der Waals surface area contributed by atoms with E-state index in [1.165, 1.54) is 18.2 Å². The lowest BCUT2D eigenvalue weighted by atomic mass is 9.82. The van der Waals surface area contributed by atoms with Gasteiger partial charge in [0.1, 0.15) is 11.5 Å². The van der Waals surface area contributed by atoms with Crippen LogP contribution in [-0.4, -0.2) is 21.9 Å². The van der Waals surface area contributed by atoms with Gasteiger partial charge >= 0.3 is 0 Å². The van der Waals surface area contributed by atoms with E-state index < -0.39 is 11.5 Å². The van der Waals surface area contributed by atoms with Gasteiger partial charge in [-0.3, -0.25) is 0 Å². The highest BCUT2D eigenvalue weighted by Gasteiger charge is 2.27. The highest BCUT2D eigenvalue weighted by Crippen LogP contribution is 2.33. The summed E-state index contributed by atoms with van der Waals surface area (Å²) in [6.07, 6.45) is 0. The number of nitrogens with two attached hydrogens (primary N) is 1. The maximum Gasteiger partial charge on any atom is 0.119 e. The smallest absolute Gasteiger partial charge is 0.119 e. The van der Waals surface area contributed by atoms with E-state index in [-0.39, 0.29) is 18.1 Å². The van der Waals surface area contributed by atoms with Gasteiger partial charge in [-0.1, -0.05) is 13.8 Å². The van der Waals surface area contributed by atoms with E-state index in [0.29, 0.717) is 5.56 Å². The molecule has 0 amide bonds. The first kappa shape index (κ1) is 11.8. The summed E-state index contributed by atoms with van der Waals surface area (Å²) in [4.78, 5) is 0. The molecule has 15 heavy (non-hydrogen) atoms. The normalized spacial score (nSPS) is 13.9. The van der Waals surface area contributed by atoms with Crippen molar-refractivity contribution in [3.63, 3.8) is 0 Å². The number of hydrogen-bond acceptors (Lipinski definition) is 4. The van der Waals surface area contributed by atoms with Crippen LogP contribution in [-0.2, 0) is 0 Å². The van der Waals surface area contributed by atoms with Crippen molar-refractivity contribution in [2.45, 2.75) is 19.9 Å². The number of phenolic OH excluding ortho intramolecular Hbond substituents is 2. The van der Waals surface area contributed by atoms with Crippen molar-refractivity contribution in [3.05, 3.63) is 23.8 Å². The minimum absolute atomic E-state index is 0.0332. The lowest BCUT2D eigenvalue weighted by Gasteiger charge is -2.29. The highest BCUT2D eigenvalue weighted by atomic mass is 16.3. The quantitative estimate of drug-likeness (QED) is 0.603. The van der Waals surface area contributed by atoms with Crippen molar-refractivity contribution in [3.8, 4) is 11.5 Å². The third-order valence-corrected chi connectivity index (χ3v) is 2.53. The summed E-state index contributed by atoms with van der Waals surface area (Å²) in [5.41, 5.74) is 6.04. The maximum absolute atomic E-state index is 9.30. The summed E-state index contributed by atoms with van der Waals surface area (Å²) in [7, 11) is 0. The topological polar surface area (TPSA) is 86.7 Å². The van der Waals surface area contributed by atoms with E-state index in [0.717, 1.165) is 0 Å². The molecule has 0 unspecified atom stereocenters. The average molecular weight is 211 g/mol. The molecule has 1 aromatic rings. The Morgan fingerprint density at radius 2 is 1.67 bits per heavy atom. The molecule has 1 atom stereocenters. The Hall–Kier alpha value is -1.26. The third-order valence-electron chi connectivity index (χ3n) is 2.53. The highest BCUT2D eigenvalue weighted by molar-refractivity contribution is 5.38. The van der Waals surface area contributed by atoms with Crippen LogP contribution in [0.15, 0.2) is 18.2 Å². The van der Waals surface area contributed by atoms with Crippen molar-refractivity contribution in [2.24, 2.45) is 11.1 Å². The Labute approximate surface area is 89.0 Å². The molecule has 0 aliphatic rings. The molecular weight excluding hydrogens is 194 g/mol. The first-order valence-electron chi connectivity index (χ1n) is 4.76. The van der Waals surface area contributed by atoms with Gasteiger partial charge in [0.2, 0.25) is 0 Å². The number of aliphatic hydroxyl groups is 1. The average Bonchev–Trinajstić information content (AvgIpc) is 2.15. The van der Waals surface area contributed by atoms with Gasteiger partial charge in [-0.2, -0.15) is 0 Å². The zero-order chi connectivity index (χ0) is 11.6. The van der Waals surface area contributed by atoms with E-state index in [1.807, 2.05) is 13.8 Å². The maximum atomic E-state index is 9.30. The minimum Gasteiger partial charge on any atom is -0.508 e. The largest absolute Gasteiger partial charge is 0.508 e. The zero-order valence-electron chi connectivity index (χ0n) is 8.94. The fraction of sp³-hybridized carbons (Fsp3) is 0.455. The standard InChI is InChI=1S/C11H17NO3/c1-11(2,6-13)10(12)7-3-8(14)5-9(15)4-7/h3-5,10,13-15H,6,12H2,1-2H3/t10-/m1/s1. The Bertz CT molecular complexity index is 329. The number of phenols is 2. The number of hydrogen-bond donors (Lipinski definition) is 4. The van der Waals surface area contributed by atoms with Crippen LogP contribution in [0.5, 0.6) is 11.5 Å². The second-order valence-electron chi connectivity index (χ2n) is 4.41. The SMILES string of the molecule is CC(C)(CO)[C@H](N)c1cc(O)cc(O)c1. The van der Waals surface area contributed by atoms with Crippen molar-refractivity contribution in [1.29, 1.82) is 0 Å². The minimum atomic E-state index is -0.500. The summed E-state index contributed by atoms with van der Waals surface area (Å²) in [6, 6.07) is 3.77. The zero-order valence-corrected chi connectivity index (χ0v) is 8.94. The molecule has 0 fully saturated rings. The van der Waals surface area contributed by atoms with Gasteiger partial charge in [0.15, 0.2) is 0 Å². The molecule has 0 bridgehead atoms. The molecule has 4 heteroatoms. The van der Waals surface area contributed by atoms with Crippen LogP contribution < -0.4 is 5.73 Å². The van der Waals surface area contributed by atoms with E-state index in [9.17, 15) is 10.2 Å². The van der Waals surface area contributed by atoms with Gasteiger partial charge in [0, 0.05) is 24.1 Å². The van der Waals surface area contributed by atoms with Gasteiger partial charge in [0.25, 0.3) is 0 Å². The Morgan fingerprint density at radius 1 is 1.20 bits per heavy atom. The van der Waals surface area contributed by atoms with Gasteiger partial charge in [-0.05, 0) is 17.7 Å². The van der Waals surface area contributed by atoms with Gasteiger partial charge in [-0.25, -0.2) is 0 Å². The number of rotatable bonds is 3. The Balaban J connectivity index is 3.06. The Morgan fingerprint density at radius 3 is 2.07 bits per heavy atom. The molecule has 84 valence electrons. The molecule has 4 nitrogen and oxygen atoms in total. The summed E-state index contributed by atoms with van der Waals surface area (Å²) in [5.74, 6) is -0.0663. The monoisotopic (exact) mass is 211 g/mol. The van der Waals surface area contributed by atoms with Gasteiger partial charge < -0.3 is 21.1 Å². The molecule has 0 aromatic heterocycles. The summed E-state index contributed by atoms with van der Waals surface area (Å²) < 4.78 is 0. The molecule has 0 saturated carbocycles. The molecule has 1 rings (SSSR count). The van der Waals surface area contributed by atoms with E-state index in [1.54, 1.807) is 0 Å². The Kier molecular flexibility index (Phi) is 3.21. The van der Waals surface area contributed by atoms with Gasteiger partial charge in [0.05, 0.1) is 0 Å². The molecule has 0 radical (unpaired) electrons. The number of benzene rings is 1. The molecule has 0 spiro atoms. The molecule has 0 heterocycles. The molecule has 0 aliphatic carbocycles. The van der Waals surface area contributed by atoms with Crippen molar-refractivity contribution >= 4 is 0 Å². The molecule has 1 aromatic carbocycles. The lowest BCUT2D eigenvalue weighted by Crippen LogP contribution is -2.32. The third kappa shape index (κ3) is 2.61. The van der Waals surface area contributed by atoms with Crippen LogP contribution in [0.1, 0.15) is 25.5 Å². The fourth-order valence-corrected chi connectivity index (χ4v) is 1.35. The second-order valence-corrected chi connectivity index (χ2v) is 4.41. The molecule has 0 aliphatic heterocycles. The van der Waals surface area contributed by atoms with Crippen LogP contribution in [0.2, 0.25) is 0 Å². The molecule has 5 N–H and O–H groups in total. The lowest BCUT2D eigenvalue weighted by molar-refractivity contribution is 0.132. The summed E-state index contributed by atoms with van der Waals surface area (Å²) in [5, 5.41) is 27.8. The second kappa shape index (κ2) is 4.08. The van der Waals surface area contributed by atoms with Crippen molar-refractivity contribution in [1.82, 2.24) is 0 Å². The summed E-state index contributed by atoms with van der Waals surface area (Å²) in [6.45, 7) is 3.57. The first-order chi connectivity index (χ1) is 6.86. The fourth-order valence-electron chi connectivity index (χ4n) is 1.35. The van der Waals surface area contributed by atoms with E-state index in [2.05, 4.69) is 0 Å². The van der Waals surface area contributed by atoms with Crippen LogP contribution in [0.25, 0.3) is 0 Å². The van der Waals surface area contributed by atoms with Crippen molar-refractivity contribution in [2.75, 3.05) is 6.61 Å². The van der Waals surface area contributed by atoms with Crippen molar-refractivity contribution < 1.29 is 15.3 Å². The predicted molar refractivity (Wildman–Crippen MR) is 57.6 cm³/mol. The van der Waals surface area contributed by atoms with Gasteiger partial charge in [-0.15, -0.1) is 0 Å². The predicted octanol–water partition coefficient (Wildman–Crippen LogP) is 1.12. The van der Waals surface area contributed by atoms with E-state index in [4.69, 9.17) is 10.8 Å². The summed E-state index contributed by atoms with van der Waals surface area (Å²) >= 11 is 0. The van der Waals surface area contributed by atoms with Crippen LogP contribution in [0.4, 0.5) is 0 Å². The van der Waals surface area contributed by atoms with Crippen LogP contribution in [0, 0.1) is 5.41 Å². The van der Waals surface area contributed by atoms with Crippen LogP contribution in [0.3, 0.4) is 0 Å². The number of aromatic hydroxyl groups is 2. The molecule has 0 saturated heterocycles. The first-order valence-corrected chi connectivity index (χ1v) is 4.76. The van der Waals surface area contributed by atoms with Crippen LogP contribution >= 0.6 is 0 Å². The number of aliphatic hydroxyl groups excluding tert-OH is 1. The van der Waals surface area contributed by atoms with E-state index >= 15 is 0 Å².